The number of hydrogen-bond donors (Lipinski definition) is 1. The lowest BCUT2D eigenvalue weighted by molar-refractivity contribution is 0.00987. The Kier molecular flexibility index (Phi) is 8.17. The number of nitrogens with zero attached hydrogens (tertiary/aromatic N) is 2. The Morgan fingerprint density at radius 1 is 1.22 bits per heavy atom. The zero-order valence-corrected chi connectivity index (χ0v) is 15.2. The van der Waals surface area contributed by atoms with Crippen LogP contribution in [0.1, 0.15) is 52.4 Å². The Morgan fingerprint density at radius 3 is 2.65 bits per heavy atom. The lowest BCUT2D eigenvalue weighted by atomic mass is 10.1. The average molecular weight is 325 g/mol. The first-order valence-electron chi connectivity index (χ1n) is 9.44. The van der Waals surface area contributed by atoms with Gasteiger partial charge in [0.15, 0.2) is 5.96 Å². The number of nitrogens with one attached hydrogen (secondary N) is 1. The van der Waals surface area contributed by atoms with Gasteiger partial charge in [-0.05, 0) is 44.9 Å². The molecule has 1 saturated carbocycles. The van der Waals surface area contributed by atoms with Crippen molar-refractivity contribution >= 4 is 5.96 Å². The van der Waals surface area contributed by atoms with Crippen LogP contribution in [0.5, 0.6) is 0 Å². The molecule has 0 amide bonds. The molecule has 0 aromatic rings. The minimum Gasteiger partial charge on any atom is -0.385 e. The fraction of sp³-hybridized carbons (Fsp3) is 0.944. The highest BCUT2D eigenvalue weighted by Gasteiger charge is 2.37. The van der Waals surface area contributed by atoms with Crippen molar-refractivity contribution in [2.45, 2.75) is 64.5 Å². The molecular formula is C18H35N3O2. The standard InChI is InChI=1S/C18H35N3O2/c1-4-7-15-14-17(15)20-18(19-5-2)21-10-8-16(9-11-21)23-13-6-12-22-3/h15-17H,4-14H2,1-3H3,(H,19,20). The van der Waals surface area contributed by atoms with Crippen LogP contribution in [0.2, 0.25) is 0 Å². The monoisotopic (exact) mass is 325 g/mol. The molecule has 1 heterocycles. The van der Waals surface area contributed by atoms with Gasteiger partial charge < -0.3 is 19.7 Å². The van der Waals surface area contributed by atoms with Gasteiger partial charge in [-0.2, -0.15) is 0 Å². The SMILES string of the molecule is CCCC1CC1NC(=NCC)N1CCC(OCCCOC)CC1. The van der Waals surface area contributed by atoms with Crippen molar-refractivity contribution in [3.05, 3.63) is 0 Å². The third-order valence-electron chi connectivity index (χ3n) is 4.79. The Bertz CT molecular complexity index is 354. The van der Waals surface area contributed by atoms with Crippen molar-refractivity contribution in [3.8, 4) is 0 Å². The maximum absolute atomic E-state index is 5.95. The molecule has 1 aliphatic heterocycles. The van der Waals surface area contributed by atoms with Crippen molar-refractivity contribution in [2.24, 2.45) is 10.9 Å². The topological polar surface area (TPSA) is 46.1 Å². The van der Waals surface area contributed by atoms with Gasteiger partial charge in [-0.25, -0.2) is 0 Å². The average Bonchev–Trinajstić information content (AvgIpc) is 3.30. The second-order valence-electron chi connectivity index (χ2n) is 6.74. The molecule has 1 aliphatic carbocycles. The molecular weight excluding hydrogens is 290 g/mol. The first-order chi connectivity index (χ1) is 11.3. The van der Waals surface area contributed by atoms with Crippen molar-refractivity contribution in [3.63, 3.8) is 0 Å². The van der Waals surface area contributed by atoms with E-state index in [9.17, 15) is 0 Å². The van der Waals surface area contributed by atoms with Crippen LogP contribution >= 0.6 is 0 Å². The quantitative estimate of drug-likeness (QED) is 0.402. The van der Waals surface area contributed by atoms with E-state index < -0.39 is 0 Å². The summed E-state index contributed by atoms with van der Waals surface area (Å²) in [6.07, 6.45) is 7.53. The maximum Gasteiger partial charge on any atom is 0.194 e. The lowest BCUT2D eigenvalue weighted by Gasteiger charge is -2.34. The summed E-state index contributed by atoms with van der Waals surface area (Å²) in [5.74, 6) is 1.98. The molecule has 2 rings (SSSR count). The maximum atomic E-state index is 5.95. The van der Waals surface area contributed by atoms with E-state index >= 15 is 0 Å². The van der Waals surface area contributed by atoms with E-state index in [1.807, 2.05) is 0 Å². The molecule has 1 N–H and O–H groups in total. The van der Waals surface area contributed by atoms with Crippen molar-refractivity contribution in [2.75, 3.05) is 40.0 Å². The second kappa shape index (κ2) is 10.1. The highest BCUT2D eigenvalue weighted by molar-refractivity contribution is 5.80. The number of aliphatic imine (C=N–C) groups is 1. The summed E-state index contributed by atoms with van der Waals surface area (Å²) in [7, 11) is 1.74. The number of likely N-dealkylation sites (tertiary alicyclic amines) is 1. The zero-order valence-electron chi connectivity index (χ0n) is 15.2. The number of hydrogen-bond acceptors (Lipinski definition) is 3. The number of ether oxygens (including phenoxy) is 2. The van der Waals surface area contributed by atoms with Gasteiger partial charge in [0.2, 0.25) is 0 Å². The summed E-state index contributed by atoms with van der Waals surface area (Å²) in [6.45, 7) is 8.93. The fourth-order valence-corrected chi connectivity index (χ4v) is 3.35. The van der Waals surface area contributed by atoms with Gasteiger partial charge in [-0.15, -0.1) is 0 Å². The largest absolute Gasteiger partial charge is 0.385 e. The molecule has 0 aromatic heterocycles. The Hall–Kier alpha value is -0.810. The van der Waals surface area contributed by atoms with Gasteiger partial charge in [0.05, 0.1) is 6.10 Å². The van der Waals surface area contributed by atoms with E-state index in [1.165, 1.54) is 19.3 Å². The molecule has 2 aliphatic rings. The molecule has 1 saturated heterocycles. The molecule has 0 aromatic carbocycles. The molecule has 2 fully saturated rings. The number of piperidine rings is 1. The lowest BCUT2D eigenvalue weighted by Crippen LogP contribution is -2.48. The highest BCUT2D eigenvalue weighted by Crippen LogP contribution is 2.34. The van der Waals surface area contributed by atoms with Gasteiger partial charge in [0.1, 0.15) is 0 Å². The summed E-state index contributed by atoms with van der Waals surface area (Å²) in [5, 5.41) is 3.69. The Morgan fingerprint density at radius 2 is 2.00 bits per heavy atom. The second-order valence-corrected chi connectivity index (χ2v) is 6.74. The third-order valence-corrected chi connectivity index (χ3v) is 4.79. The summed E-state index contributed by atoms with van der Waals surface area (Å²) in [6, 6.07) is 0.656. The smallest absolute Gasteiger partial charge is 0.194 e. The highest BCUT2D eigenvalue weighted by atomic mass is 16.5. The Balaban J connectivity index is 1.70. The fourth-order valence-electron chi connectivity index (χ4n) is 3.35. The van der Waals surface area contributed by atoms with Crippen LogP contribution < -0.4 is 5.32 Å². The number of guanidine groups is 1. The van der Waals surface area contributed by atoms with Gasteiger partial charge in [0, 0.05) is 46.0 Å². The minimum absolute atomic E-state index is 0.403. The molecule has 2 atom stereocenters. The zero-order chi connectivity index (χ0) is 16.5. The number of methoxy groups -OCH3 is 1. The van der Waals surface area contributed by atoms with Crippen LogP contribution in [0.25, 0.3) is 0 Å². The normalized spacial score (nSPS) is 25.7. The van der Waals surface area contributed by atoms with Crippen LogP contribution in [-0.2, 0) is 9.47 Å². The predicted molar refractivity (Wildman–Crippen MR) is 95.0 cm³/mol. The molecule has 134 valence electrons. The summed E-state index contributed by atoms with van der Waals surface area (Å²) in [4.78, 5) is 7.12. The van der Waals surface area contributed by atoms with Crippen molar-refractivity contribution in [1.29, 1.82) is 0 Å². The van der Waals surface area contributed by atoms with Crippen LogP contribution in [0, 0.1) is 5.92 Å². The van der Waals surface area contributed by atoms with E-state index in [-0.39, 0.29) is 0 Å². The molecule has 23 heavy (non-hydrogen) atoms. The molecule has 5 nitrogen and oxygen atoms in total. The molecule has 0 spiro atoms. The van der Waals surface area contributed by atoms with Crippen LogP contribution in [0.15, 0.2) is 4.99 Å². The Labute approximate surface area is 141 Å². The van der Waals surface area contributed by atoms with E-state index in [4.69, 9.17) is 14.5 Å². The summed E-state index contributed by atoms with van der Waals surface area (Å²) >= 11 is 0. The molecule has 2 unspecified atom stereocenters. The minimum atomic E-state index is 0.403. The molecule has 5 heteroatoms. The van der Waals surface area contributed by atoms with Crippen LogP contribution in [0.3, 0.4) is 0 Å². The van der Waals surface area contributed by atoms with Gasteiger partial charge in [-0.1, -0.05) is 13.3 Å². The van der Waals surface area contributed by atoms with Crippen molar-refractivity contribution < 1.29 is 9.47 Å². The van der Waals surface area contributed by atoms with E-state index in [1.54, 1.807) is 7.11 Å². The van der Waals surface area contributed by atoms with Crippen LogP contribution in [0.4, 0.5) is 0 Å². The summed E-state index contributed by atoms with van der Waals surface area (Å²) < 4.78 is 11.0. The van der Waals surface area contributed by atoms with E-state index in [0.717, 1.165) is 64.0 Å². The van der Waals surface area contributed by atoms with Gasteiger partial charge in [-0.3, -0.25) is 4.99 Å². The first kappa shape index (κ1) is 18.5. The van der Waals surface area contributed by atoms with Crippen molar-refractivity contribution in [1.82, 2.24) is 10.2 Å². The van der Waals surface area contributed by atoms with Gasteiger partial charge in [0.25, 0.3) is 0 Å². The first-order valence-corrected chi connectivity index (χ1v) is 9.44. The van der Waals surface area contributed by atoms with Gasteiger partial charge >= 0.3 is 0 Å². The predicted octanol–water partition coefficient (Wildman–Crippen LogP) is 2.66. The van der Waals surface area contributed by atoms with E-state index in [2.05, 4.69) is 24.1 Å². The molecule has 0 radical (unpaired) electrons. The molecule has 0 bridgehead atoms. The summed E-state index contributed by atoms with van der Waals surface area (Å²) in [5.41, 5.74) is 0. The third kappa shape index (κ3) is 6.30. The number of rotatable bonds is 9. The van der Waals surface area contributed by atoms with E-state index in [0.29, 0.717) is 12.1 Å². The van der Waals surface area contributed by atoms with Crippen LogP contribution in [-0.4, -0.2) is 63.0 Å².